The Kier molecular flexibility index (Phi) is 12.1. The first-order chi connectivity index (χ1) is 21.8. The van der Waals surface area contributed by atoms with Gasteiger partial charge in [-0.3, -0.25) is 9.59 Å². The summed E-state index contributed by atoms with van der Waals surface area (Å²) in [5.74, 6) is 0.655. The zero-order chi connectivity index (χ0) is 32.2. The maximum atomic E-state index is 13.5. The third-order valence-corrected chi connectivity index (χ3v) is 8.09. The molecule has 0 bridgehead atoms. The van der Waals surface area contributed by atoms with Crippen molar-refractivity contribution in [2.75, 3.05) is 64.7 Å². The number of amides is 2. The zero-order valence-corrected chi connectivity index (χ0v) is 26.6. The predicted molar refractivity (Wildman–Crippen MR) is 178 cm³/mol. The van der Waals surface area contributed by atoms with Crippen molar-refractivity contribution in [3.05, 3.63) is 102 Å². The quantitative estimate of drug-likeness (QED) is 0.123. The second-order valence-corrected chi connectivity index (χ2v) is 11.2. The van der Waals surface area contributed by atoms with Crippen LogP contribution in [0.25, 0.3) is 11.1 Å². The molecule has 3 N–H and O–H groups in total. The fraction of sp³-hybridized carbons (Fsp3) is 0.235. The van der Waals surface area contributed by atoms with E-state index in [0.29, 0.717) is 59.4 Å². The van der Waals surface area contributed by atoms with Gasteiger partial charge in [-0.05, 0) is 59.7 Å². The maximum Gasteiger partial charge on any atom is 0.255 e. The Morgan fingerprint density at radius 3 is 2.31 bits per heavy atom. The molecule has 0 spiro atoms. The Hall–Kier alpha value is -4.71. The van der Waals surface area contributed by atoms with Crippen molar-refractivity contribution in [1.82, 2.24) is 10.2 Å². The molecule has 11 heteroatoms. The summed E-state index contributed by atoms with van der Waals surface area (Å²) in [7, 11) is 6.40. The average molecular weight is 631 g/mol. The van der Waals surface area contributed by atoms with E-state index in [0.717, 1.165) is 16.8 Å². The molecule has 0 heterocycles. The highest BCUT2D eigenvalue weighted by Crippen LogP contribution is 2.32. The molecule has 4 aromatic rings. The molecule has 0 fully saturated rings. The van der Waals surface area contributed by atoms with E-state index in [1.807, 2.05) is 54.6 Å². The first-order valence-corrected chi connectivity index (χ1v) is 15.5. The Balaban J connectivity index is 1.40. The Morgan fingerprint density at radius 2 is 1.53 bits per heavy atom. The van der Waals surface area contributed by atoms with Gasteiger partial charge in [-0.15, -0.1) is 0 Å². The van der Waals surface area contributed by atoms with E-state index in [1.165, 1.54) is 14.2 Å². The van der Waals surface area contributed by atoms with Gasteiger partial charge in [-0.2, -0.15) is 0 Å². The number of nitrogens with zero attached hydrogens (tertiary/aromatic N) is 1. The van der Waals surface area contributed by atoms with Gasteiger partial charge in [0.15, 0.2) is 5.75 Å². The molecule has 45 heavy (non-hydrogen) atoms. The Labute approximate surface area is 267 Å². The minimum absolute atomic E-state index is 0.111. The Bertz CT molecular complexity index is 1600. The third-order valence-electron chi connectivity index (χ3n) is 6.95. The summed E-state index contributed by atoms with van der Waals surface area (Å²) in [4.78, 5) is 27.5. The van der Waals surface area contributed by atoms with Crippen molar-refractivity contribution in [2.45, 2.75) is 4.90 Å². The second-order valence-electron chi connectivity index (χ2n) is 10.0. The molecule has 0 aromatic heterocycles. The van der Waals surface area contributed by atoms with Crippen molar-refractivity contribution < 1.29 is 28.4 Å². The van der Waals surface area contributed by atoms with Crippen molar-refractivity contribution in [1.29, 1.82) is 0 Å². The van der Waals surface area contributed by atoms with Crippen LogP contribution in [-0.4, -0.2) is 75.9 Å². The molecule has 0 aliphatic carbocycles. The first-order valence-electron chi connectivity index (χ1n) is 14.3. The highest BCUT2D eigenvalue weighted by molar-refractivity contribution is 7.92. The summed E-state index contributed by atoms with van der Waals surface area (Å²) >= 11 is -1.66. The van der Waals surface area contributed by atoms with Crippen LogP contribution >= 0.6 is 0 Å². The lowest BCUT2D eigenvalue weighted by molar-refractivity contribution is 0.0744. The van der Waals surface area contributed by atoms with Crippen LogP contribution in [0.1, 0.15) is 20.7 Å². The number of nitrogens with one attached hydrogen (secondary N) is 3. The minimum Gasteiger partial charge on any atom is -0.588 e. The minimum atomic E-state index is -1.66. The number of hydrogen-bond acceptors (Lipinski definition) is 8. The van der Waals surface area contributed by atoms with E-state index in [-0.39, 0.29) is 11.8 Å². The number of para-hydroxylation sites is 1. The molecule has 10 nitrogen and oxygen atoms in total. The number of carbonyl (C=O) groups is 2. The van der Waals surface area contributed by atoms with Crippen LogP contribution in [-0.2, 0) is 16.1 Å². The lowest BCUT2D eigenvalue weighted by Crippen LogP contribution is -2.29. The number of anilines is 2. The third kappa shape index (κ3) is 8.91. The van der Waals surface area contributed by atoms with Gasteiger partial charge in [-0.25, -0.2) is 4.72 Å². The number of carbonyl (C=O) groups excluding carboxylic acids is 2. The molecule has 1 unspecified atom stereocenters. The van der Waals surface area contributed by atoms with Crippen LogP contribution in [0.4, 0.5) is 11.4 Å². The van der Waals surface area contributed by atoms with Crippen LogP contribution in [0.2, 0.25) is 0 Å². The highest BCUT2D eigenvalue weighted by atomic mass is 32.2. The van der Waals surface area contributed by atoms with Gasteiger partial charge in [0.2, 0.25) is 4.90 Å². The van der Waals surface area contributed by atoms with E-state index in [2.05, 4.69) is 15.4 Å². The van der Waals surface area contributed by atoms with Gasteiger partial charge in [0.25, 0.3) is 11.8 Å². The summed E-state index contributed by atoms with van der Waals surface area (Å²) in [6.45, 7) is 1.80. The maximum absolute atomic E-state index is 13.5. The molecular formula is C34H38N4O6S. The van der Waals surface area contributed by atoms with Crippen molar-refractivity contribution >= 4 is 34.6 Å². The molecule has 0 aliphatic rings. The summed E-state index contributed by atoms with van der Waals surface area (Å²) in [5.41, 5.74) is 4.05. The predicted octanol–water partition coefficient (Wildman–Crippen LogP) is 5.07. The molecule has 236 valence electrons. The van der Waals surface area contributed by atoms with Crippen molar-refractivity contribution in [2.24, 2.45) is 0 Å². The summed E-state index contributed by atoms with van der Waals surface area (Å²) < 4.78 is 32.5. The first kappa shape index (κ1) is 33.2. The topological polar surface area (TPSA) is 124 Å². The largest absolute Gasteiger partial charge is 0.588 e. The van der Waals surface area contributed by atoms with Crippen LogP contribution in [0.5, 0.6) is 11.5 Å². The monoisotopic (exact) mass is 630 g/mol. The molecule has 2 amide bonds. The fourth-order valence-electron chi connectivity index (χ4n) is 4.55. The van der Waals surface area contributed by atoms with Gasteiger partial charge in [-0.1, -0.05) is 36.4 Å². The van der Waals surface area contributed by atoms with Gasteiger partial charge in [0, 0.05) is 51.1 Å². The highest BCUT2D eigenvalue weighted by Gasteiger charge is 2.21. The number of methoxy groups -OCH3 is 3. The number of ether oxygens (including phenoxy) is 3. The molecule has 4 aromatic carbocycles. The van der Waals surface area contributed by atoms with Crippen LogP contribution in [0.15, 0.2) is 95.9 Å². The zero-order valence-electron chi connectivity index (χ0n) is 25.8. The van der Waals surface area contributed by atoms with Crippen LogP contribution < -0.4 is 24.8 Å². The van der Waals surface area contributed by atoms with E-state index < -0.39 is 11.4 Å². The molecule has 1 atom stereocenters. The lowest BCUT2D eigenvalue weighted by atomic mass is 10.0. The van der Waals surface area contributed by atoms with Gasteiger partial charge in [0.1, 0.15) is 17.1 Å². The van der Waals surface area contributed by atoms with Crippen molar-refractivity contribution in [3.8, 4) is 22.6 Å². The summed E-state index contributed by atoms with van der Waals surface area (Å²) in [5, 5.41) is 6.15. The number of hydrogen-bond donors (Lipinski definition) is 3. The number of benzene rings is 4. The molecule has 0 aliphatic heterocycles. The SMILES string of the molecule is COCCN(C)C(=O)c1cccc(-c2ccc(OC)c([S+]([O-])Nc3cccc(NCCNC(=O)c4ccccc4OC)c3)c2)c1. The summed E-state index contributed by atoms with van der Waals surface area (Å²) in [6, 6.07) is 27.2. The molecule has 0 saturated carbocycles. The fourth-order valence-corrected chi connectivity index (χ4v) is 5.57. The van der Waals surface area contributed by atoms with E-state index in [9.17, 15) is 14.1 Å². The molecule has 0 radical (unpaired) electrons. The smallest absolute Gasteiger partial charge is 0.255 e. The van der Waals surface area contributed by atoms with Crippen LogP contribution in [0.3, 0.4) is 0 Å². The van der Waals surface area contributed by atoms with E-state index in [4.69, 9.17) is 14.2 Å². The van der Waals surface area contributed by atoms with Gasteiger partial charge < -0.3 is 34.3 Å². The standard InChI is InChI=1S/C34H38N4O6S/c1-38(19-20-42-2)34(40)26-10-7-9-24(21-26)25-15-16-31(44-4)32(22-25)45(41)37-28-12-8-11-27(23-28)35-17-18-36-33(39)29-13-5-6-14-30(29)43-3/h5-16,21-23,35,37H,17-20H2,1-4H3,(H,36,39). The average Bonchev–Trinajstić information content (AvgIpc) is 3.08. The molecular weight excluding hydrogens is 592 g/mol. The van der Waals surface area contributed by atoms with Crippen molar-refractivity contribution in [3.63, 3.8) is 0 Å². The van der Waals surface area contributed by atoms with Crippen LogP contribution in [0, 0.1) is 0 Å². The van der Waals surface area contributed by atoms with E-state index >= 15 is 0 Å². The second kappa shape index (κ2) is 16.4. The van der Waals surface area contributed by atoms with E-state index in [1.54, 1.807) is 55.5 Å². The normalized spacial score (nSPS) is 11.3. The lowest BCUT2D eigenvalue weighted by Gasteiger charge is -2.18. The van der Waals surface area contributed by atoms with Gasteiger partial charge >= 0.3 is 0 Å². The molecule has 0 saturated heterocycles. The number of rotatable bonds is 15. The summed E-state index contributed by atoms with van der Waals surface area (Å²) in [6.07, 6.45) is 0. The molecule has 4 rings (SSSR count). The Morgan fingerprint density at radius 1 is 0.800 bits per heavy atom. The number of likely N-dealkylation sites (N-methyl/N-ethyl adjacent to an activating group) is 1. The van der Waals surface area contributed by atoms with Gasteiger partial charge in [0.05, 0.1) is 32.1 Å².